The second kappa shape index (κ2) is 8.36. The van der Waals surface area contributed by atoms with Crippen molar-refractivity contribution >= 4 is 23.6 Å². The summed E-state index contributed by atoms with van der Waals surface area (Å²) in [6, 6.07) is 0. The minimum Gasteiger partial charge on any atom is -0.480 e. The maximum absolute atomic E-state index is 10.8. The molecule has 0 spiro atoms. The van der Waals surface area contributed by atoms with E-state index >= 15 is 0 Å². The number of nitrogens with zero attached hydrogens (tertiary/aromatic N) is 1. The Bertz CT molecular complexity index is 263. The van der Waals surface area contributed by atoms with Gasteiger partial charge in [0.1, 0.15) is 5.54 Å². The first kappa shape index (κ1) is 18.6. The van der Waals surface area contributed by atoms with Crippen molar-refractivity contribution in [1.82, 2.24) is 0 Å². The average Bonchev–Trinajstić information content (AvgIpc) is 2.17. The van der Waals surface area contributed by atoms with Crippen LogP contribution in [0.5, 0.6) is 0 Å². The fourth-order valence-electron chi connectivity index (χ4n) is 0.898. The van der Waals surface area contributed by atoms with Crippen LogP contribution >= 0.6 is 11.8 Å². The first-order valence-corrected chi connectivity index (χ1v) is 6.25. The number of rotatable bonds is 7. The summed E-state index contributed by atoms with van der Waals surface area (Å²) in [5.74, 6) is -0.0545. The van der Waals surface area contributed by atoms with Crippen LogP contribution in [0.25, 0.3) is 0 Å². The summed E-state index contributed by atoms with van der Waals surface area (Å²) >= 11 is 1.53. The highest BCUT2D eigenvalue weighted by Gasteiger charge is 2.28. The number of thioether (sulfide) groups is 1. The first-order chi connectivity index (χ1) is 7.29. The van der Waals surface area contributed by atoms with Crippen LogP contribution in [-0.2, 0) is 4.79 Å². The molecule has 0 aromatic rings. The molecule has 0 radical (unpaired) electrons. The molecule has 17 heavy (non-hydrogen) atoms. The second-order valence-corrected chi connectivity index (χ2v) is 5.33. The number of hydrogen-bond donors (Lipinski definition) is 3. The Balaban J connectivity index is 0. The number of aliphatic imine (C=N–C) groups is 1. The van der Waals surface area contributed by atoms with Gasteiger partial charge in [-0.2, -0.15) is 11.8 Å². The lowest BCUT2D eigenvalue weighted by molar-refractivity contribution is -0.141. The summed E-state index contributed by atoms with van der Waals surface area (Å²) in [5.41, 5.74) is 9.90. The second-order valence-electron chi connectivity index (χ2n) is 4.05. The van der Waals surface area contributed by atoms with Crippen LogP contribution in [0.3, 0.4) is 0 Å². The van der Waals surface area contributed by atoms with Gasteiger partial charge in [0.25, 0.3) is 0 Å². The quantitative estimate of drug-likeness (QED) is 0.475. The third kappa shape index (κ3) is 8.04. The van der Waals surface area contributed by atoms with Gasteiger partial charge in [-0.05, 0) is 20.3 Å². The third-order valence-corrected chi connectivity index (χ3v) is 3.83. The Kier molecular flexibility index (Phi) is 9.15. The van der Waals surface area contributed by atoms with Crippen LogP contribution in [0.1, 0.15) is 34.6 Å². The van der Waals surface area contributed by atoms with Crippen molar-refractivity contribution in [2.24, 2.45) is 16.5 Å². The van der Waals surface area contributed by atoms with E-state index in [1.165, 1.54) is 18.7 Å². The van der Waals surface area contributed by atoms with Gasteiger partial charge in [-0.15, -0.1) is 0 Å². The lowest BCUT2D eigenvalue weighted by Crippen LogP contribution is -2.47. The van der Waals surface area contributed by atoms with Crippen LogP contribution in [0, 0.1) is 0 Å². The number of carboxylic acids is 1. The molecular weight excluding hydrogens is 238 g/mol. The Hall–Kier alpha value is -0.750. The molecule has 2 unspecified atom stereocenters. The average molecular weight is 263 g/mol. The van der Waals surface area contributed by atoms with E-state index in [0.29, 0.717) is 18.1 Å². The predicted octanol–water partition coefficient (Wildman–Crippen LogP) is 1.31. The fraction of sp³-hybridized carbons (Fsp3) is 0.818. The topological polar surface area (TPSA) is 102 Å². The summed E-state index contributed by atoms with van der Waals surface area (Å²) in [7, 11) is 0. The van der Waals surface area contributed by atoms with Gasteiger partial charge in [0.2, 0.25) is 0 Å². The normalized spacial score (nSPS) is 16.8. The monoisotopic (exact) mass is 263 g/mol. The van der Waals surface area contributed by atoms with Crippen molar-refractivity contribution in [3.8, 4) is 0 Å². The predicted molar refractivity (Wildman–Crippen MR) is 75.7 cm³/mol. The van der Waals surface area contributed by atoms with Crippen molar-refractivity contribution < 1.29 is 9.90 Å². The third-order valence-electron chi connectivity index (χ3n) is 2.11. The molecule has 0 aliphatic rings. The number of amidine groups is 1. The van der Waals surface area contributed by atoms with Crippen molar-refractivity contribution in [1.29, 1.82) is 0 Å². The van der Waals surface area contributed by atoms with E-state index in [1.54, 1.807) is 6.92 Å². The van der Waals surface area contributed by atoms with E-state index < -0.39 is 11.5 Å². The Morgan fingerprint density at radius 1 is 1.59 bits per heavy atom. The van der Waals surface area contributed by atoms with Gasteiger partial charge < -0.3 is 16.6 Å². The van der Waals surface area contributed by atoms with Crippen LogP contribution in [0.2, 0.25) is 0 Å². The maximum atomic E-state index is 10.8. The van der Waals surface area contributed by atoms with Gasteiger partial charge in [0, 0.05) is 11.0 Å². The summed E-state index contributed by atoms with van der Waals surface area (Å²) < 4.78 is 0. The standard InChI is InChI=1S/C10H21N3O2S.CH4/c1-4-8(5-13-7(2)11)16-6-10(3,12)9(14)15;/h8H,4-6,12H2,1-3H3,(H2,11,13)(H,14,15);1H4. The van der Waals surface area contributed by atoms with Gasteiger partial charge >= 0.3 is 5.97 Å². The van der Waals surface area contributed by atoms with Gasteiger partial charge in [-0.1, -0.05) is 14.4 Å². The molecule has 0 aromatic carbocycles. The van der Waals surface area contributed by atoms with E-state index in [2.05, 4.69) is 4.99 Å². The Morgan fingerprint density at radius 2 is 2.12 bits per heavy atom. The molecule has 5 nitrogen and oxygen atoms in total. The zero-order valence-electron chi connectivity index (χ0n) is 10.1. The molecule has 0 bridgehead atoms. The molecule has 6 heteroatoms. The molecule has 0 aliphatic heterocycles. The summed E-state index contributed by atoms with van der Waals surface area (Å²) in [6.07, 6.45) is 0.914. The Labute approximate surface area is 108 Å². The van der Waals surface area contributed by atoms with E-state index in [0.717, 1.165) is 6.42 Å². The molecule has 102 valence electrons. The molecule has 0 rings (SSSR count). The lowest BCUT2D eigenvalue weighted by atomic mass is 10.1. The van der Waals surface area contributed by atoms with E-state index in [9.17, 15) is 4.79 Å². The largest absolute Gasteiger partial charge is 0.480 e. The minimum absolute atomic E-state index is 0. The smallest absolute Gasteiger partial charge is 0.324 e. The van der Waals surface area contributed by atoms with E-state index in [1.807, 2.05) is 6.92 Å². The summed E-state index contributed by atoms with van der Waals surface area (Å²) in [5, 5.41) is 9.12. The molecule has 0 fully saturated rings. The molecule has 0 amide bonds. The number of carbonyl (C=O) groups is 1. The highest BCUT2D eigenvalue weighted by atomic mass is 32.2. The van der Waals surface area contributed by atoms with Gasteiger partial charge in [-0.25, -0.2) is 0 Å². The van der Waals surface area contributed by atoms with Gasteiger partial charge in [-0.3, -0.25) is 9.79 Å². The maximum Gasteiger partial charge on any atom is 0.324 e. The van der Waals surface area contributed by atoms with E-state index in [4.69, 9.17) is 16.6 Å². The van der Waals surface area contributed by atoms with Crippen LogP contribution in [0.15, 0.2) is 4.99 Å². The zero-order chi connectivity index (χ0) is 12.8. The molecule has 0 saturated heterocycles. The van der Waals surface area contributed by atoms with Crippen molar-refractivity contribution in [2.45, 2.75) is 45.4 Å². The SMILES string of the molecule is C.CCC(CN=C(C)N)SCC(C)(N)C(=O)O. The van der Waals surface area contributed by atoms with Crippen LogP contribution in [-0.4, -0.2) is 40.0 Å². The first-order valence-electron chi connectivity index (χ1n) is 5.20. The molecule has 0 saturated carbocycles. The van der Waals surface area contributed by atoms with Crippen LogP contribution < -0.4 is 11.5 Å². The molecular formula is C11H25N3O2S. The molecule has 0 aliphatic carbocycles. The van der Waals surface area contributed by atoms with Crippen LogP contribution in [0.4, 0.5) is 0 Å². The highest BCUT2D eigenvalue weighted by molar-refractivity contribution is 8.00. The number of aliphatic carboxylic acids is 1. The molecule has 0 heterocycles. The fourth-order valence-corrected chi connectivity index (χ4v) is 2.02. The van der Waals surface area contributed by atoms with Crippen molar-refractivity contribution in [2.75, 3.05) is 12.3 Å². The van der Waals surface area contributed by atoms with Gasteiger partial charge in [0.05, 0.1) is 12.4 Å². The van der Waals surface area contributed by atoms with E-state index in [-0.39, 0.29) is 12.7 Å². The highest BCUT2D eigenvalue weighted by Crippen LogP contribution is 2.19. The number of hydrogen-bond acceptors (Lipinski definition) is 4. The molecule has 2 atom stereocenters. The van der Waals surface area contributed by atoms with Crippen molar-refractivity contribution in [3.05, 3.63) is 0 Å². The number of nitrogens with two attached hydrogens (primary N) is 2. The summed E-state index contributed by atoms with van der Waals surface area (Å²) in [4.78, 5) is 14.9. The molecule has 5 N–H and O–H groups in total. The Morgan fingerprint density at radius 3 is 2.47 bits per heavy atom. The molecule has 0 aromatic heterocycles. The number of carboxylic acid groups (broad SMARTS) is 1. The zero-order valence-corrected chi connectivity index (χ0v) is 10.9. The lowest BCUT2D eigenvalue weighted by Gasteiger charge is -2.21. The summed E-state index contributed by atoms with van der Waals surface area (Å²) in [6.45, 7) is 5.90. The minimum atomic E-state index is -1.18. The van der Waals surface area contributed by atoms with Crippen molar-refractivity contribution in [3.63, 3.8) is 0 Å². The van der Waals surface area contributed by atoms with Gasteiger partial charge in [0.15, 0.2) is 0 Å².